The van der Waals surface area contributed by atoms with Crippen LogP contribution in [-0.2, 0) is 4.79 Å². The van der Waals surface area contributed by atoms with E-state index in [1.165, 1.54) is 0 Å². The molecule has 1 rings (SSSR count). The van der Waals surface area contributed by atoms with Gasteiger partial charge in [-0.1, -0.05) is 18.5 Å². The van der Waals surface area contributed by atoms with Crippen molar-refractivity contribution >= 4 is 23.2 Å². The fraction of sp³-hybridized carbons (Fsp3) is 0.300. The first-order chi connectivity index (χ1) is 7.13. The van der Waals surface area contributed by atoms with E-state index in [-0.39, 0.29) is 5.91 Å². The minimum absolute atomic E-state index is 0.115. The van der Waals surface area contributed by atoms with Crippen molar-refractivity contribution in [3.8, 4) is 0 Å². The summed E-state index contributed by atoms with van der Waals surface area (Å²) in [6.45, 7) is 3.56. The fourth-order valence-electron chi connectivity index (χ4n) is 0.880. The van der Waals surface area contributed by atoms with Crippen LogP contribution in [0.2, 0.25) is 5.15 Å². The predicted octanol–water partition coefficient (Wildman–Crippen LogP) is 1.99. The van der Waals surface area contributed by atoms with Crippen molar-refractivity contribution in [3.05, 3.63) is 29.0 Å². The van der Waals surface area contributed by atoms with Crippen LogP contribution < -0.4 is 5.43 Å². The smallest absolute Gasteiger partial charge is 0.239 e. The highest BCUT2D eigenvalue weighted by molar-refractivity contribution is 6.29. The van der Waals surface area contributed by atoms with Crippen molar-refractivity contribution in [3.63, 3.8) is 0 Å². The number of carbonyl (C=O) groups is 1. The molecule has 0 fully saturated rings. The molecule has 1 aromatic rings. The van der Waals surface area contributed by atoms with Gasteiger partial charge in [0.1, 0.15) is 5.15 Å². The van der Waals surface area contributed by atoms with Gasteiger partial charge in [-0.05, 0) is 19.1 Å². The molecule has 0 unspecified atom stereocenters. The summed E-state index contributed by atoms with van der Waals surface area (Å²) in [7, 11) is 0. The predicted molar refractivity (Wildman–Crippen MR) is 59.9 cm³/mol. The lowest BCUT2D eigenvalue weighted by Gasteiger charge is -2.01. The van der Waals surface area contributed by atoms with Crippen LogP contribution in [0.25, 0.3) is 0 Å². The zero-order valence-electron chi connectivity index (χ0n) is 8.62. The van der Waals surface area contributed by atoms with Crippen LogP contribution in [-0.4, -0.2) is 16.6 Å². The maximum Gasteiger partial charge on any atom is 0.239 e. The molecule has 5 heteroatoms. The number of amides is 1. The Morgan fingerprint density at radius 1 is 1.60 bits per heavy atom. The first-order valence-corrected chi connectivity index (χ1v) is 4.96. The van der Waals surface area contributed by atoms with Gasteiger partial charge in [0.2, 0.25) is 5.91 Å². The number of halogens is 1. The Labute approximate surface area is 93.4 Å². The molecule has 0 aromatic carbocycles. The lowest BCUT2D eigenvalue weighted by Crippen LogP contribution is -2.17. The second kappa shape index (κ2) is 5.46. The third-order valence-electron chi connectivity index (χ3n) is 1.81. The standard InChI is InChI=1S/C10H12ClN3O/c1-3-10(15)14-13-7(2)8-4-5-9(11)12-6-8/h4-6H,3H2,1-2H3,(H,14,15)/b13-7+. The molecular formula is C10H12ClN3O. The average Bonchev–Trinajstić information content (AvgIpc) is 2.26. The topological polar surface area (TPSA) is 54.4 Å². The van der Waals surface area contributed by atoms with Crippen molar-refractivity contribution < 1.29 is 4.79 Å². The molecule has 0 spiro atoms. The summed E-state index contributed by atoms with van der Waals surface area (Å²) in [5.41, 5.74) is 3.96. The molecule has 0 atom stereocenters. The van der Waals surface area contributed by atoms with Crippen LogP contribution in [0.5, 0.6) is 0 Å². The van der Waals surface area contributed by atoms with Gasteiger partial charge < -0.3 is 0 Å². The van der Waals surface area contributed by atoms with Crippen LogP contribution >= 0.6 is 11.6 Å². The summed E-state index contributed by atoms with van der Waals surface area (Å²) in [6, 6.07) is 3.48. The summed E-state index contributed by atoms with van der Waals surface area (Å²) in [5.74, 6) is -0.115. The second-order valence-electron chi connectivity index (χ2n) is 2.96. The molecule has 0 bridgehead atoms. The highest BCUT2D eigenvalue weighted by atomic mass is 35.5. The van der Waals surface area contributed by atoms with Gasteiger partial charge >= 0.3 is 0 Å². The van der Waals surface area contributed by atoms with E-state index in [0.29, 0.717) is 17.3 Å². The second-order valence-corrected chi connectivity index (χ2v) is 3.34. The van der Waals surface area contributed by atoms with Crippen LogP contribution in [0.3, 0.4) is 0 Å². The number of hydrogen-bond acceptors (Lipinski definition) is 3. The maximum atomic E-state index is 10.9. The lowest BCUT2D eigenvalue weighted by atomic mass is 10.2. The number of nitrogens with one attached hydrogen (secondary N) is 1. The van der Waals surface area contributed by atoms with Crippen LogP contribution in [0.4, 0.5) is 0 Å². The summed E-state index contributed by atoms with van der Waals surface area (Å²) >= 11 is 5.65. The molecule has 0 aliphatic rings. The zero-order chi connectivity index (χ0) is 11.3. The Balaban J connectivity index is 2.71. The highest BCUT2D eigenvalue weighted by Crippen LogP contribution is 2.05. The van der Waals surface area contributed by atoms with Gasteiger partial charge in [-0.3, -0.25) is 4.79 Å². The van der Waals surface area contributed by atoms with Crippen LogP contribution in [0, 0.1) is 0 Å². The number of nitrogens with zero attached hydrogens (tertiary/aromatic N) is 2. The highest BCUT2D eigenvalue weighted by Gasteiger charge is 1.99. The molecule has 0 saturated heterocycles. The Bertz CT molecular complexity index is 373. The lowest BCUT2D eigenvalue weighted by molar-refractivity contribution is -0.120. The molecule has 15 heavy (non-hydrogen) atoms. The van der Waals surface area contributed by atoms with Crippen molar-refractivity contribution in [2.24, 2.45) is 5.10 Å². The monoisotopic (exact) mass is 225 g/mol. The summed E-state index contributed by atoms with van der Waals surface area (Å²) in [4.78, 5) is 14.9. The number of aromatic nitrogens is 1. The molecule has 1 N–H and O–H groups in total. The third kappa shape index (κ3) is 3.67. The molecule has 0 saturated carbocycles. The van der Waals surface area contributed by atoms with E-state index in [1.807, 2.05) is 0 Å². The summed E-state index contributed by atoms with van der Waals surface area (Å²) < 4.78 is 0. The van der Waals surface area contributed by atoms with Crippen molar-refractivity contribution in [2.75, 3.05) is 0 Å². The number of hydrazone groups is 1. The Hall–Kier alpha value is -1.42. The van der Waals surface area contributed by atoms with Crippen LogP contribution in [0.1, 0.15) is 25.8 Å². The molecule has 4 nitrogen and oxygen atoms in total. The van der Waals surface area contributed by atoms with Gasteiger partial charge in [0.25, 0.3) is 0 Å². The van der Waals surface area contributed by atoms with E-state index in [0.717, 1.165) is 5.56 Å². The Morgan fingerprint density at radius 2 is 2.33 bits per heavy atom. The minimum Gasteiger partial charge on any atom is -0.273 e. The largest absolute Gasteiger partial charge is 0.273 e. The zero-order valence-corrected chi connectivity index (χ0v) is 9.38. The van der Waals surface area contributed by atoms with Crippen molar-refractivity contribution in [1.82, 2.24) is 10.4 Å². The molecular weight excluding hydrogens is 214 g/mol. The molecule has 1 amide bonds. The summed E-state index contributed by atoms with van der Waals surface area (Å²) in [5, 5.41) is 4.36. The van der Waals surface area contributed by atoms with E-state index in [9.17, 15) is 4.79 Å². The molecule has 1 aromatic heterocycles. The van der Waals surface area contributed by atoms with Gasteiger partial charge in [-0.2, -0.15) is 5.10 Å². The van der Waals surface area contributed by atoms with Crippen molar-refractivity contribution in [2.45, 2.75) is 20.3 Å². The molecule has 0 radical (unpaired) electrons. The number of rotatable bonds is 3. The van der Waals surface area contributed by atoms with Crippen LogP contribution in [0.15, 0.2) is 23.4 Å². The summed E-state index contributed by atoms with van der Waals surface area (Å²) in [6.07, 6.45) is 2.02. The van der Waals surface area contributed by atoms with Crippen molar-refractivity contribution in [1.29, 1.82) is 0 Å². The normalized spacial score (nSPS) is 11.3. The average molecular weight is 226 g/mol. The first-order valence-electron chi connectivity index (χ1n) is 4.58. The van der Waals surface area contributed by atoms with Gasteiger partial charge in [-0.15, -0.1) is 0 Å². The maximum absolute atomic E-state index is 10.9. The molecule has 0 aliphatic carbocycles. The van der Waals surface area contributed by atoms with E-state index in [4.69, 9.17) is 11.6 Å². The fourth-order valence-corrected chi connectivity index (χ4v) is 0.991. The Kier molecular flexibility index (Phi) is 4.24. The number of hydrogen-bond donors (Lipinski definition) is 1. The van der Waals surface area contributed by atoms with E-state index in [2.05, 4.69) is 15.5 Å². The number of pyridine rings is 1. The Morgan fingerprint density at radius 3 is 2.87 bits per heavy atom. The van der Waals surface area contributed by atoms with E-state index < -0.39 is 0 Å². The van der Waals surface area contributed by atoms with Gasteiger partial charge in [0, 0.05) is 18.2 Å². The first kappa shape index (κ1) is 11.7. The SMILES string of the molecule is CCC(=O)N/N=C(\C)c1ccc(Cl)nc1. The van der Waals surface area contributed by atoms with Gasteiger partial charge in [-0.25, -0.2) is 10.4 Å². The number of carbonyl (C=O) groups excluding carboxylic acids is 1. The van der Waals surface area contributed by atoms with Gasteiger partial charge in [0.05, 0.1) is 5.71 Å². The molecule has 1 heterocycles. The minimum atomic E-state index is -0.115. The third-order valence-corrected chi connectivity index (χ3v) is 2.04. The molecule has 80 valence electrons. The van der Waals surface area contributed by atoms with Gasteiger partial charge in [0.15, 0.2) is 0 Å². The quantitative estimate of drug-likeness (QED) is 0.486. The van der Waals surface area contributed by atoms with E-state index in [1.54, 1.807) is 32.2 Å². The molecule has 0 aliphatic heterocycles. The van der Waals surface area contributed by atoms with E-state index >= 15 is 0 Å².